The van der Waals surface area contributed by atoms with Gasteiger partial charge in [0.15, 0.2) is 0 Å². The molecular weight excluding hydrogens is 238 g/mol. The molecule has 1 aromatic rings. The first-order valence-electron chi connectivity index (χ1n) is 4.43. The fraction of sp³-hybridized carbons (Fsp3) is 0.333. The van der Waals surface area contributed by atoms with Crippen LogP contribution in [0.25, 0.3) is 0 Å². The molecule has 0 saturated carbocycles. The van der Waals surface area contributed by atoms with Gasteiger partial charge in [-0.05, 0) is 23.8 Å². The normalized spacial score (nSPS) is 14.5. The number of hydrogen-bond donors (Lipinski definition) is 1. The molecule has 6 heteroatoms. The molecule has 0 atom stereocenters. The van der Waals surface area contributed by atoms with E-state index in [9.17, 15) is 8.42 Å². The molecule has 82 valence electrons. The Bertz CT molecular complexity index is 472. The number of sulfonamides is 1. The molecule has 0 amide bonds. The van der Waals surface area contributed by atoms with Crippen molar-refractivity contribution in [2.24, 2.45) is 0 Å². The molecule has 1 N–H and O–H groups in total. The summed E-state index contributed by atoms with van der Waals surface area (Å²) in [6.45, 7) is 0.654. The summed E-state index contributed by atoms with van der Waals surface area (Å²) in [6, 6.07) is 5.19. The molecule has 0 aliphatic carbocycles. The summed E-state index contributed by atoms with van der Waals surface area (Å²) in [5.74, 6) is 0.823. The van der Waals surface area contributed by atoms with Gasteiger partial charge < -0.3 is 4.74 Å². The Morgan fingerprint density at radius 3 is 3.00 bits per heavy atom. The van der Waals surface area contributed by atoms with E-state index in [-0.39, 0.29) is 0 Å². The van der Waals surface area contributed by atoms with Crippen molar-refractivity contribution in [3.8, 4) is 5.75 Å². The van der Waals surface area contributed by atoms with Crippen molar-refractivity contribution < 1.29 is 13.2 Å². The molecule has 1 heterocycles. The molecular formula is C9H10ClNO3S. The Morgan fingerprint density at radius 1 is 1.47 bits per heavy atom. The summed E-state index contributed by atoms with van der Waals surface area (Å²) in [6.07, 6.45) is 0.811. The van der Waals surface area contributed by atoms with Gasteiger partial charge in [-0.3, -0.25) is 4.72 Å². The third-order valence-electron chi connectivity index (χ3n) is 2.11. The van der Waals surface area contributed by atoms with E-state index in [0.717, 1.165) is 17.7 Å². The van der Waals surface area contributed by atoms with Gasteiger partial charge in [0.05, 0.1) is 6.61 Å². The molecule has 1 aliphatic rings. The number of fused-ring (bicyclic) bond motifs is 1. The van der Waals surface area contributed by atoms with Crippen LogP contribution in [0.15, 0.2) is 18.2 Å². The van der Waals surface area contributed by atoms with Crippen molar-refractivity contribution in [2.75, 3.05) is 16.5 Å². The average molecular weight is 248 g/mol. The lowest BCUT2D eigenvalue weighted by molar-refractivity contribution is 0.357. The number of benzene rings is 1. The topological polar surface area (TPSA) is 55.4 Å². The van der Waals surface area contributed by atoms with E-state index >= 15 is 0 Å². The van der Waals surface area contributed by atoms with E-state index in [2.05, 4.69) is 4.72 Å². The average Bonchev–Trinajstić information content (AvgIpc) is 2.64. The Morgan fingerprint density at radius 2 is 2.27 bits per heavy atom. The molecule has 0 spiro atoms. The largest absolute Gasteiger partial charge is 0.493 e. The van der Waals surface area contributed by atoms with Crippen molar-refractivity contribution in [3.05, 3.63) is 23.8 Å². The number of rotatable bonds is 3. The fourth-order valence-corrected chi connectivity index (χ4v) is 2.16. The highest BCUT2D eigenvalue weighted by Gasteiger charge is 2.14. The minimum Gasteiger partial charge on any atom is -0.493 e. The molecule has 0 saturated heterocycles. The third kappa shape index (κ3) is 2.35. The smallest absolute Gasteiger partial charge is 0.246 e. The van der Waals surface area contributed by atoms with Crippen molar-refractivity contribution in [2.45, 2.75) is 6.42 Å². The van der Waals surface area contributed by atoms with Gasteiger partial charge >= 0.3 is 0 Å². The van der Waals surface area contributed by atoms with Crippen molar-refractivity contribution in [1.82, 2.24) is 0 Å². The summed E-state index contributed by atoms with van der Waals surface area (Å²) in [4.78, 5) is 0. The van der Waals surface area contributed by atoms with Gasteiger partial charge in [-0.2, -0.15) is 0 Å². The van der Waals surface area contributed by atoms with E-state index in [1.807, 2.05) is 0 Å². The zero-order valence-corrected chi connectivity index (χ0v) is 9.44. The predicted molar refractivity (Wildman–Crippen MR) is 58.9 cm³/mol. The van der Waals surface area contributed by atoms with Gasteiger partial charge in [0.1, 0.15) is 11.0 Å². The lowest BCUT2D eigenvalue weighted by Gasteiger charge is -2.06. The molecule has 0 unspecified atom stereocenters. The van der Waals surface area contributed by atoms with Gasteiger partial charge in [0.25, 0.3) is 0 Å². The Kier molecular flexibility index (Phi) is 2.75. The van der Waals surface area contributed by atoms with E-state index in [1.54, 1.807) is 18.2 Å². The van der Waals surface area contributed by atoms with Gasteiger partial charge in [-0.15, -0.1) is 11.6 Å². The van der Waals surface area contributed by atoms with Crippen LogP contribution in [0.5, 0.6) is 5.75 Å². The second-order valence-electron chi connectivity index (χ2n) is 3.25. The van der Waals surface area contributed by atoms with E-state index < -0.39 is 15.2 Å². The molecule has 0 fully saturated rings. The van der Waals surface area contributed by atoms with Crippen LogP contribution >= 0.6 is 11.6 Å². The summed E-state index contributed by atoms with van der Waals surface area (Å²) >= 11 is 5.29. The Hall–Kier alpha value is -0.940. The molecule has 0 bridgehead atoms. The summed E-state index contributed by atoms with van der Waals surface area (Å²) < 4.78 is 30.1. The quantitative estimate of drug-likeness (QED) is 0.825. The Labute approximate surface area is 93.2 Å². The first-order valence-corrected chi connectivity index (χ1v) is 6.61. The summed E-state index contributed by atoms with van der Waals surface area (Å²) in [5.41, 5.74) is 1.55. The van der Waals surface area contributed by atoms with E-state index in [0.29, 0.717) is 12.3 Å². The van der Waals surface area contributed by atoms with Crippen LogP contribution in [-0.4, -0.2) is 20.2 Å². The SMILES string of the molecule is O=S(=O)(CCl)Nc1ccc2c(c1)CCO2. The van der Waals surface area contributed by atoms with Crippen LogP contribution in [0, 0.1) is 0 Å². The Balaban J connectivity index is 2.24. The third-order valence-corrected chi connectivity index (χ3v) is 3.80. The maximum Gasteiger partial charge on any atom is 0.246 e. The highest BCUT2D eigenvalue weighted by atomic mass is 35.5. The first-order chi connectivity index (χ1) is 7.11. The summed E-state index contributed by atoms with van der Waals surface area (Å²) in [7, 11) is -3.42. The number of halogens is 1. The van der Waals surface area contributed by atoms with Crippen LogP contribution in [0.2, 0.25) is 0 Å². The molecule has 0 aromatic heterocycles. The number of ether oxygens (including phenoxy) is 1. The zero-order chi connectivity index (χ0) is 10.9. The molecule has 2 rings (SSSR count). The van der Waals surface area contributed by atoms with Gasteiger partial charge in [0, 0.05) is 12.1 Å². The monoisotopic (exact) mass is 247 g/mol. The van der Waals surface area contributed by atoms with Crippen LogP contribution in [-0.2, 0) is 16.4 Å². The van der Waals surface area contributed by atoms with Crippen LogP contribution in [0.1, 0.15) is 5.56 Å². The van der Waals surface area contributed by atoms with Crippen LogP contribution in [0.3, 0.4) is 0 Å². The highest BCUT2D eigenvalue weighted by Crippen LogP contribution is 2.28. The lowest BCUT2D eigenvalue weighted by Crippen LogP contribution is -2.13. The zero-order valence-electron chi connectivity index (χ0n) is 7.86. The van der Waals surface area contributed by atoms with Gasteiger partial charge in [0.2, 0.25) is 10.0 Å². The van der Waals surface area contributed by atoms with Crippen LogP contribution in [0.4, 0.5) is 5.69 Å². The second-order valence-corrected chi connectivity index (χ2v) is 5.55. The minimum atomic E-state index is -3.42. The molecule has 0 radical (unpaired) electrons. The predicted octanol–water partition coefficient (Wildman–Crippen LogP) is 1.56. The molecule has 1 aromatic carbocycles. The highest BCUT2D eigenvalue weighted by molar-refractivity contribution is 7.93. The fourth-order valence-electron chi connectivity index (χ4n) is 1.46. The standard InChI is InChI=1S/C9H10ClNO3S/c10-6-15(12,13)11-8-1-2-9-7(5-8)3-4-14-9/h1-2,5,11H,3-4,6H2. The van der Waals surface area contributed by atoms with Crippen LogP contribution < -0.4 is 9.46 Å². The first kappa shape index (κ1) is 10.6. The van der Waals surface area contributed by atoms with Gasteiger partial charge in [-0.1, -0.05) is 0 Å². The minimum absolute atomic E-state index is 0.444. The maximum absolute atomic E-state index is 11.2. The number of anilines is 1. The summed E-state index contributed by atoms with van der Waals surface area (Å²) in [5, 5.41) is -0.444. The molecule has 1 aliphatic heterocycles. The second kappa shape index (κ2) is 3.90. The van der Waals surface area contributed by atoms with E-state index in [4.69, 9.17) is 16.3 Å². The van der Waals surface area contributed by atoms with Crippen molar-refractivity contribution >= 4 is 27.3 Å². The molecule has 4 nitrogen and oxygen atoms in total. The maximum atomic E-state index is 11.2. The number of hydrogen-bond acceptors (Lipinski definition) is 3. The number of alkyl halides is 1. The lowest BCUT2D eigenvalue weighted by atomic mass is 10.1. The van der Waals surface area contributed by atoms with E-state index in [1.165, 1.54) is 0 Å². The number of nitrogens with one attached hydrogen (secondary N) is 1. The van der Waals surface area contributed by atoms with Crippen molar-refractivity contribution in [1.29, 1.82) is 0 Å². The van der Waals surface area contributed by atoms with Crippen molar-refractivity contribution in [3.63, 3.8) is 0 Å². The van der Waals surface area contributed by atoms with Gasteiger partial charge in [-0.25, -0.2) is 8.42 Å². The molecule has 15 heavy (non-hydrogen) atoms.